The van der Waals surface area contributed by atoms with E-state index in [1.807, 2.05) is 25.2 Å². The van der Waals surface area contributed by atoms with Crippen LogP contribution in [0.25, 0.3) is 10.9 Å². The maximum absolute atomic E-state index is 12.6. The van der Waals surface area contributed by atoms with Gasteiger partial charge in [-0.1, -0.05) is 35.3 Å². The van der Waals surface area contributed by atoms with Crippen molar-refractivity contribution in [1.82, 2.24) is 14.7 Å². The number of anilines is 2. The summed E-state index contributed by atoms with van der Waals surface area (Å²) in [4.78, 5) is 11.7. The molecule has 0 radical (unpaired) electrons. The van der Waals surface area contributed by atoms with Gasteiger partial charge in [-0.3, -0.25) is 0 Å². The minimum Gasteiger partial charge on any atom is -0.359 e. The van der Waals surface area contributed by atoms with E-state index in [2.05, 4.69) is 27.9 Å². The first-order valence-electron chi connectivity index (χ1n) is 11.9. The van der Waals surface area contributed by atoms with E-state index in [1.54, 1.807) is 0 Å². The fourth-order valence-corrected chi connectivity index (χ4v) is 6.29. The van der Waals surface area contributed by atoms with Gasteiger partial charge in [0.05, 0.1) is 10.4 Å². The normalized spacial score (nSPS) is 18.5. The Morgan fingerprint density at radius 2 is 1.60 bits per heavy atom. The van der Waals surface area contributed by atoms with E-state index in [4.69, 9.17) is 33.2 Å². The number of nitrogens with zero attached hydrogens (tertiary/aromatic N) is 3. The minimum atomic E-state index is -3.65. The summed E-state index contributed by atoms with van der Waals surface area (Å²) in [5.74, 6) is 2.38. The molecule has 3 aromatic rings. The van der Waals surface area contributed by atoms with Crippen molar-refractivity contribution in [2.24, 2.45) is 11.8 Å². The summed E-state index contributed by atoms with van der Waals surface area (Å²) in [5, 5.41) is 5.09. The van der Waals surface area contributed by atoms with Gasteiger partial charge < -0.3 is 10.2 Å². The first kappa shape index (κ1) is 25.9. The fourth-order valence-electron chi connectivity index (χ4n) is 4.45. The van der Waals surface area contributed by atoms with Crippen LogP contribution in [0.15, 0.2) is 47.4 Å². The molecule has 188 valence electrons. The monoisotopic (exact) mass is 535 g/mol. The Bertz CT molecular complexity index is 1260. The standard InChI is InChI=1S/C25H31Cl2N5O2S/c1-3-32(2)24-22-6-4-5-7-23(22)30-25(31-24)28-15-17-8-10-18(11-9-17)16-29-35(33,34)21-13-19(26)12-20(27)14-21/h4-7,12-14,17-18,29H,3,8-11,15-16H2,1-2H3,(H,28,30,31)/t17-,18-. The van der Waals surface area contributed by atoms with Gasteiger partial charge in [0.15, 0.2) is 0 Å². The first-order chi connectivity index (χ1) is 16.7. The van der Waals surface area contributed by atoms with Gasteiger partial charge in [0.25, 0.3) is 0 Å². The summed E-state index contributed by atoms with van der Waals surface area (Å²) in [6, 6.07) is 12.4. The number of nitrogens with one attached hydrogen (secondary N) is 2. The molecule has 1 aliphatic carbocycles. The molecular weight excluding hydrogens is 505 g/mol. The highest BCUT2D eigenvalue weighted by molar-refractivity contribution is 7.89. The van der Waals surface area contributed by atoms with E-state index in [0.29, 0.717) is 34.4 Å². The van der Waals surface area contributed by atoms with E-state index in [1.165, 1.54) is 18.2 Å². The minimum absolute atomic E-state index is 0.0939. The first-order valence-corrected chi connectivity index (χ1v) is 14.2. The molecule has 0 bridgehead atoms. The van der Waals surface area contributed by atoms with Crippen molar-refractivity contribution in [2.45, 2.75) is 37.5 Å². The number of hydrogen-bond donors (Lipinski definition) is 2. The topological polar surface area (TPSA) is 87.2 Å². The van der Waals surface area contributed by atoms with Gasteiger partial charge >= 0.3 is 0 Å². The van der Waals surface area contributed by atoms with Crippen molar-refractivity contribution in [2.75, 3.05) is 36.9 Å². The predicted molar refractivity (Wildman–Crippen MR) is 144 cm³/mol. The number of hydrogen-bond acceptors (Lipinski definition) is 6. The molecule has 10 heteroatoms. The maximum atomic E-state index is 12.6. The van der Waals surface area contributed by atoms with E-state index in [-0.39, 0.29) is 4.90 Å². The van der Waals surface area contributed by atoms with Crippen molar-refractivity contribution in [3.05, 3.63) is 52.5 Å². The Hall–Kier alpha value is -2.13. The highest BCUT2D eigenvalue weighted by Gasteiger charge is 2.24. The Morgan fingerprint density at radius 1 is 0.971 bits per heavy atom. The van der Waals surface area contributed by atoms with Crippen LogP contribution in [-0.4, -0.2) is 45.1 Å². The lowest BCUT2D eigenvalue weighted by Crippen LogP contribution is -2.32. The van der Waals surface area contributed by atoms with Gasteiger partial charge in [0.2, 0.25) is 16.0 Å². The summed E-state index contributed by atoms with van der Waals surface area (Å²) in [6.07, 6.45) is 3.98. The quantitative estimate of drug-likeness (QED) is 0.371. The SMILES string of the molecule is CCN(C)c1nc(NC[C@H]2CC[C@H](CNS(=O)(=O)c3cc(Cl)cc(Cl)c3)CC2)nc2ccccc12. The van der Waals surface area contributed by atoms with Crippen LogP contribution >= 0.6 is 23.2 Å². The molecule has 0 atom stereocenters. The van der Waals surface area contributed by atoms with E-state index in [0.717, 1.165) is 55.5 Å². The molecular formula is C25H31Cl2N5O2S. The number of fused-ring (bicyclic) bond motifs is 1. The van der Waals surface area contributed by atoms with Crippen molar-refractivity contribution in [3.8, 4) is 0 Å². The zero-order chi connectivity index (χ0) is 25.0. The van der Waals surface area contributed by atoms with Crippen molar-refractivity contribution in [3.63, 3.8) is 0 Å². The smallest absolute Gasteiger partial charge is 0.240 e. The average Bonchev–Trinajstić information content (AvgIpc) is 2.85. The molecule has 1 aliphatic rings. The van der Waals surface area contributed by atoms with Gasteiger partial charge in [0, 0.05) is 42.1 Å². The number of para-hydroxylation sites is 1. The molecule has 1 saturated carbocycles. The number of halogens is 2. The van der Waals surface area contributed by atoms with Crippen LogP contribution in [0.2, 0.25) is 10.0 Å². The van der Waals surface area contributed by atoms with Crippen LogP contribution in [0.4, 0.5) is 11.8 Å². The molecule has 4 rings (SSSR count). The molecule has 0 unspecified atom stereocenters. The van der Waals surface area contributed by atoms with Gasteiger partial charge in [-0.15, -0.1) is 0 Å². The second-order valence-electron chi connectivity index (χ2n) is 9.13. The molecule has 0 aliphatic heterocycles. The Morgan fingerprint density at radius 3 is 2.26 bits per heavy atom. The molecule has 1 heterocycles. The average molecular weight is 537 g/mol. The van der Waals surface area contributed by atoms with Gasteiger partial charge in [-0.05, 0) is 74.8 Å². The van der Waals surface area contributed by atoms with Crippen LogP contribution in [0.3, 0.4) is 0 Å². The third kappa shape index (κ3) is 6.55. The lowest BCUT2D eigenvalue weighted by Gasteiger charge is -2.29. The lowest BCUT2D eigenvalue weighted by atomic mass is 9.82. The summed E-state index contributed by atoms with van der Waals surface area (Å²) in [6.45, 7) is 4.17. The second kappa shape index (κ2) is 11.3. The molecule has 7 nitrogen and oxygen atoms in total. The van der Waals surface area contributed by atoms with Crippen LogP contribution in [0.1, 0.15) is 32.6 Å². The highest BCUT2D eigenvalue weighted by Crippen LogP contribution is 2.30. The number of benzene rings is 2. The zero-order valence-corrected chi connectivity index (χ0v) is 22.3. The second-order valence-corrected chi connectivity index (χ2v) is 11.8. The third-order valence-electron chi connectivity index (χ3n) is 6.64. The Balaban J connectivity index is 1.30. The van der Waals surface area contributed by atoms with Gasteiger partial charge in [0.1, 0.15) is 5.82 Å². The highest BCUT2D eigenvalue weighted by atomic mass is 35.5. The van der Waals surface area contributed by atoms with Crippen molar-refractivity contribution < 1.29 is 8.42 Å². The molecule has 1 fully saturated rings. The van der Waals surface area contributed by atoms with Gasteiger partial charge in [-0.25, -0.2) is 18.1 Å². The summed E-state index contributed by atoms with van der Waals surface area (Å²) >= 11 is 11.9. The molecule has 0 amide bonds. The Labute approximate surface area is 217 Å². The van der Waals surface area contributed by atoms with Crippen molar-refractivity contribution >= 4 is 55.9 Å². The number of sulfonamides is 1. The van der Waals surface area contributed by atoms with Crippen LogP contribution < -0.4 is 14.9 Å². The molecule has 2 aromatic carbocycles. The zero-order valence-electron chi connectivity index (χ0n) is 20.0. The summed E-state index contributed by atoms with van der Waals surface area (Å²) in [5.41, 5.74) is 0.928. The molecule has 1 aromatic heterocycles. The van der Waals surface area contributed by atoms with Gasteiger partial charge in [-0.2, -0.15) is 4.98 Å². The fraction of sp³-hybridized carbons (Fsp3) is 0.440. The lowest BCUT2D eigenvalue weighted by molar-refractivity contribution is 0.284. The largest absolute Gasteiger partial charge is 0.359 e. The molecule has 0 saturated heterocycles. The summed E-state index contributed by atoms with van der Waals surface area (Å²) < 4.78 is 28.0. The van der Waals surface area contributed by atoms with Crippen LogP contribution in [-0.2, 0) is 10.0 Å². The van der Waals surface area contributed by atoms with E-state index < -0.39 is 10.0 Å². The summed E-state index contributed by atoms with van der Waals surface area (Å²) in [7, 11) is -1.61. The third-order valence-corrected chi connectivity index (χ3v) is 8.48. The van der Waals surface area contributed by atoms with Crippen LogP contribution in [0, 0.1) is 11.8 Å². The number of rotatable bonds is 9. The van der Waals surface area contributed by atoms with Crippen molar-refractivity contribution in [1.29, 1.82) is 0 Å². The predicted octanol–water partition coefficient (Wildman–Crippen LogP) is 5.59. The van der Waals surface area contributed by atoms with Crippen LogP contribution in [0.5, 0.6) is 0 Å². The Kier molecular flexibility index (Phi) is 8.37. The molecule has 0 spiro atoms. The maximum Gasteiger partial charge on any atom is 0.240 e. The molecule has 35 heavy (non-hydrogen) atoms. The van der Waals surface area contributed by atoms with E-state index in [9.17, 15) is 8.42 Å². The van der Waals surface area contributed by atoms with E-state index >= 15 is 0 Å². The molecule has 2 N–H and O–H groups in total. The number of aromatic nitrogens is 2.